The highest BCUT2D eigenvalue weighted by Crippen LogP contribution is 2.51. The van der Waals surface area contributed by atoms with E-state index in [0.29, 0.717) is 34.9 Å². The van der Waals surface area contributed by atoms with Gasteiger partial charge in [0, 0.05) is 59.0 Å². The molecule has 1 aliphatic carbocycles. The monoisotopic (exact) mass is 1540 g/mol. The lowest BCUT2D eigenvalue weighted by Gasteiger charge is -2.22. The minimum atomic E-state index is -0.0566. The van der Waals surface area contributed by atoms with Crippen LogP contribution in [-0.4, -0.2) is 29.9 Å². The van der Waals surface area contributed by atoms with Crippen molar-refractivity contribution in [3.8, 4) is 124 Å². The molecule has 0 spiro atoms. The lowest BCUT2D eigenvalue weighted by atomic mass is 9.81. The maximum atomic E-state index is 5.19. The Morgan fingerprint density at radius 3 is 0.933 bits per heavy atom. The van der Waals surface area contributed by atoms with Crippen LogP contribution in [0.15, 0.2) is 400 Å². The van der Waals surface area contributed by atoms with Crippen LogP contribution in [0.4, 0.5) is 0 Å². The highest BCUT2D eigenvalue weighted by atomic mass is 32.1. The maximum Gasteiger partial charge on any atom is 0.164 e. The highest BCUT2D eigenvalue weighted by molar-refractivity contribution is 7.25. The van der Waals surface area contributed by atoms with Crippen LogP contribution in [0, 0.1) is 0 Å². The molecule has 1 aliphatic rings. The Balaban J connectivity index is 0.000000140. The molecule has 3 aromatic heterocycles. The average molecular weight is 1550 g/mol. The second-order valence-electron chi connectivity index (χ2n) is 31.9. The molecule has 7 heteroatoms. The van der Waals surface area contributed by atoms with E-state index in [1.807, 2.05) is 47.7 Å². The van der Waals surface area contributed by atoms with Crippen molar-refractivity contribution in [3.63, 3.8) is 0 Å². The normalized spacial score (nSPS) is 12.3. The van der Waals surface area contributed by atoms with Gasteiger partial charge in [0.05, 0.1) is 0 Å². The molecule has 0 saturated carbocycles. The predicted molar refractivity (Wildman–Crippen MR) is 505 cm³/mol. The second kappa shape index (κ2) is 28.6. The summed E-state index contributed by atoms with van der Waals surface area (Å²) < 4.78 is 2.62. The third-order valence-electron chi connectivity index (χ3n) is 24.6. The number of fused-ring (bicyclic) bond motifs is 22. The molecule has 3 heterocycles. The van der Waals surface area contributed by atoms with Crippen molar-refractivity contribution in [2.24, 2.45) is 0 Å². The first kappa shape index (κ1) is 70.2. The molecule has 20 aromatic carbocycles. The molecule has 120 heavy (non-hydrogen) atoms. The molecular weight excluding hydrogens is 1470 g/mol. The van der Waals surface area contributed by atoms with E-state index in [0.717, 1.165) is 55.6 Å². The zero-order valence-corrected chi connectivity index (χ0v) is 66.5. The van der Waals surface area contributed by atoms with Gasteiger partial charge in [0.2, 0.25) is 0 Å². The van der Waals surface area contributed by atoms with Crippen molar-refractivity contribution in [2.75, 3.05) is 0 Å². The predicted octanol–water partition coefficient (Wildman–Crippen LogP) is 30.3. The average Bonchev–Trinajstić information content (AvgIpc) is 1.03. The standard InChI is InChI=1S/C58H39N3.C55H33N3S/c1-58(2)52-26-13-12-23-46(52)47-32-31-39(34-53(47)58)36-27-29-38(30-28-36)56-59-55(37-15-4-3-5-16-37)60-57(61-56)41-18-14-17-40(33-41)50-35-51-44-21-7-6-19-42(44)43-20-8-10-24-48(43)54(51)49-25-11-9-22-45(49)50;1-2-13-35(14-3-1)53-56-54(36-27-25-34(26-28-36)37-29-30-51-48(32-37)44-21-10-11-24-50(44)59-51)58-55(57-53)39-16-12-15-38(31-39)47-33-49-42-19-5-4-17-40(42)41-18-6-8-22-45(41)52(49)46-23-9-7-20-43(46)47/h3-35H,1-2H3;1-33H. The first-order valence-electron chi connectivity index (χ1n) is 40.9. The van der Waals surface area contributed by atoms with Gasteiger partial charge in [-0.05, 0) is 201 Å². The van der Waals surface area contributed by atoms with E-state index in [9.17, 15) is 0 Å². The summed E-state index contributed by atoms with van der Waals surface area (Å²) >= 11 is 1.84. The van der Waals surface area contributed by atoms with Crippen molar-refractivity contribution in [1.82, 2.24) is 29.9 Å². The second-order valence-corrected chi connectivity index (χ2v) is 33.0. The summed E-state index contributed by atoms with van der Waals surface area (Å²) in [6.07, 6.45) is 0. The van der Waals surface area contributed by atoms with Gasteiger partial charge in [-0.15, -0.1) is 11.3 Å². The van der Waals surface area contributed by atoms with Crippen molar-refractivity contribution >= 4 is 118 Å². The SMILES string of the molecule is CC1(C)c2ccccc2-c2ccc(-c3ccc(-c4nc(-c5ccccc5)nc(-c5cccc(-c6cc7c8ccccc8c8ccccc8c7c7ccccc67)c5)n4)cc3)cc21.c1ccc(-c2nc(-c3ccc(-c4ccc5sc6ccccc6c5c4)cc3)nc(-c3cccc(-c4cc5c6ccccc6c6ccccc6c5c5ccccc45)c3)n2)cc1. The molecule has 0 atom stereocenters. The summed E-state index contributed by atoms with van der Waals surface area (Å²) in [6, 6.07) is 144. The van der Waals surface area contributed by atoms with Crippen LogP contribution in [0.25, 0.3) is 230 Å². The van der Waals surface area contributed by atoms with E-state index >= 15 is 0 Å². The Kier molecular flexibility index (Phi) is 16.7. The number of hydrogen-bond acceptors (Lipinski definition) is 7. The maximum absolute atomic E-state index is 5.19. The van der Waals surface area contributed by atoms with Crippen LogP contribution in [0.5, 0.6) is 0 Å². The third kappa shape index (κ3) is 11.9. The quantitative estimate of drug-likeness (QED) is 0.127. The molecule has 6 nitrogen and oxygen atoms in total. The Labute approximate surface area is 697 Å². The van der Waals surface area contributed by atoms with Gasteiger partial charge in [-0.2, -0.15) is 0 Å². The Morgan fingerprint density at radius 2 is 0.467 bits per heavy atom. The van der Waals surface area contributed by atoms with Crippen LogP contribution < -0.4 is 0 Å². The first-order chi connectivity index (χ1) is 59.2. The van der Waals surface area contributed by atoms with Gasteiger partial charge < -0.3 is 0 Å². The summed E-state index contributed by atoms with van der Waals surface area (Å²) in [6.45, 7) is 4.66. The number of benzene rings is 20. The number of aromatic nitrogens is 6. The fourth-order valence-electron chi connectivity index (χ4n) is 18.8. The van der Waals surface area contributed by atoms with Crippen molar-refractivity contribution in [3.05, 3.63) is 412 Å². The van der Waals surface area contributed by atoms with Gasteiger partial charge >= 0.3 is 0 Å². The summed E-state index contributed by atoms with van der Waals surface area (Å²) in [5, 5.41) is 22.7. The van der Waals surface area contributed by atoms with Gasteiger partial charge in [0.15, 0.2) is 34.9 Å². The molecule has 560 valence electrons. The Hall–Kier alpha value is -15.3. The van der Waals surface area contributed by atoms with Crippen molar-refractivity contribution in [2.45, 2.75) is 19.3 Å². The molecule has 0 aliphatic heterocycles. The number of thiophene rings is 1. The molecule has 0 radical (unpaired) electrons. The van der Waals surface area contributed by atoms with E-state index in [2.05, 4.69) is 378 Å². The van der Waals surface area contributed by atoms with E-state index in [1.54, 1.807) is 0 Å². The lowest BCUT2D eigenvalue weighted by Crippen LogP contribution is -2.14. The summed E-state index contributed by atoms with van der Waals surface area (Å²) in [4.78, 5) is 30.7. The minimum Gasteiger partial charge on any atom is -0.208 e. The highest BCUT2D eigenvalue weighted by Gasteiger charge is 2.35. The first-order valence-corrected chi connectivity index (χ1v) is 41.8. The van der Waals surface area contributed by atoms with Crippen molar-refractivity contribution < 1.29 is 0 Å². The van der Waals surface area contributed by atoms with Crippen molar-refractivity contribution in [1.29, 1.82) is 0 Å². The molecule has 0 saturated heterocycles. The largest absolute Gasteiger partial charge is 0.208 e. The minimum absolute atomic E-state index is 0.0566. The van der Waals surface area contributed by atoms with Gasteiger partial charge in [0.25, 0.3) is 0 Å². The number of rotatable bonds is 10. The zero-order chi connectivity index (χ0) is 79.5. The Morgan fingerprint density at radius 1 is 0.167 bits per heavy atom. The summed E-state index contributed by atoms with van der Waals surface area (Å²) in [7, 11) is 0. The van der Waals surface area contributed by atoms with Gasteiger partial charge in [-0.25, -0.2) is 29.9 Å². The fourth-order valence-corrected chi connectivity index (χ4v) is 19.9. The van der Waals surface area contributed by atoms with Crippen LogP contribution >= 0.6 is 11.3 Å². The molecule has 0 amide bonds. The molecule has 24 rings (SSSR count). The molecule has 0 bridgehead atoms. The van der Waals surface area contributed by atoms with Gasteiger partial charge in [0.1, 0.15) is 0 Å². The molecule has 0 unspecified atom stereocenters. The summed E-state index contributed by atoms with van der Waals surface area (Å²) in [5.41, 5.74) is 20.3. The number of hydrogen-bond donors (Lipinski definition) is 0. The van der Waals surface area contributed by atoms with Crippen LogP contribution in [0.2, 0.25) is 0 Å². The van der Waals surface area contributed by atoms with Gasteiger partial charge in [-0.3, -0.25) is 0 Å². The van der Waals surface area contributed by atoms with E-state index < -0.39 is 0 Å². The zero-order valence-electron chi connectivity index (χ0n) is 65.7. The van der Waals surface area contributed by atoms with E-state index in [4.69, 9.17) is 29.9 Å². The van der Waals surface area contributed by atoms with Crippen LogP contribution in [0.3, 0.4) is 0 Å². The third-order valence-corrected chi connectivity index (χ3v) is 25.8. The Bertz CT molecular complexity index is 8110. The topological polar surface area (TPSA) is 77.3 Å². The van der Waals surface area contributed by atoms with Crippen LogP contribution in [-0.2, 0) is 5.41 Å². The summed E-state index contributed by atoms with van der Waals surface area (Å²) in [5.74, 6) is 3.84. The van der Waals surface area contributed by atoms with E-state index in [-0.39, 0.29) is 5.41 Å². The van der Waals surface area contributed by atoms with Gasteiger partial charge in [-0.1, -0.05) is 366 Å². The molecular formula is C113H72N6S. The fraction of sp³-hybridized carbons (Fsp3) is 0.0265. The smallest absolute Gasteiger partial charge is 0.164 e. The molecule has 23 aromatic rings. The number of nitrogens with zero attached hydrogens (tertiary/aromatic N) is 6. The van der Waals surface area contributed by atoms with Crippen LogP contribution in [0.1, 0.15) is 25.0 Å². The molecule has 0 N–H and O–H groups in total. The molecule has 0 fully saturated rings. The van der Waals surface area contributed by atoms with E-state index in [1.165, 1.54) is 151 Å². The lowest BCUT2D eigenvalue weighted by molar-refractivity contribution is 0.660.